The van der Waals surface area contributed by atoms with Gasteiger partial charge >= 0.3 is 0 Å². The summed E-state index contributed by atoms with van der Waals surface area (Å²) >= 11 is 11.8. The molecule has 0 N–H and O–H groups in total. The van der Waals surface area contributed by atoms with E-state index < -0.39 is 0 Å². The van der Waals surface area contributed by atoms with Crippen molar-refractivity contribution >= 4 is 29.0 Å². The molecule has 102 valence electrons. The Hall–Kier alpha value is -1.76. The Morgan fingerprint density at radius 2 is 2.05 bits per heavy atom. The largest absolute Gasteiger partial charge is 0.316 e. The van der Waals surface area contributed by atoms with Crippen LogP contribution < -0.4 is 0 Å². The normalized spacial score (nSPS) is 10.3. The molecule has 0 saturated heterocycles. The van der Waals surface area contributed by atoms with E-state index in [-0.39, 0.29) is 11.7 Å². The lowest BCUT2D eigenvalue weighted by molar-refractivity contribution is 0.102. The van der Waals surface area contributed by atoms with Crippen molar-refractivity contribution in [3.05, 3.63) is 51.8 Å². The van der Waals surface area contributed by atoms with E-state index in [1.54, 1.807) is 24.3 Å². The molecule has 5 heteroatoms. The SMILES string of the molecule is Cc1cc(C(=O)CCl)c(C)n1-c1cc(C#N)ccc1Cl. The molecule has 1 aromatic carbocycles. The minimum Gasteiger partial charge on any atom is -0.316 e. The monoisotopic (exact) mass is 306 g/mol. The Balaban J connectivity index is 2.68. The fourth-order valence-electron chi connectivity index (χ4n) is 2.24. The molecular formula is C15H12Cl2N2O. The lowest BCUT2D eigenvalue weighted by Crippen LogP contribution is -2.05. The van der Waals surface area contributed by atoms with Crippen LogP contribution in [0.3, 0.4) is 0 Å². The van der Waals surface area contributed by atoms with E-state index in [0.29, 0.717) is 21.8 Å². The van der Waals surface area contributed by atoms with Gasteiger partial charge in [0.1, 0.15) is 0 Å². The summed E-state index contributed by atoms with van der Waals surface area (Å²) in [5.74, 6) is -0.186. The van der Waals surface area contributed by atoms with Gasteiger partial charge in [0, 0.05) is 17.0 Å². The van der Waals surface area contributed by atoms with Crippen LogP contribution in [0.25, 0.3) is 5.69 Å². The number of aromatic nitrogens is 1. The average molecular weight is 307 g/mol. The number of ketones is 1. The number of nitriles is 1. The lowest BCUT2D eigenvalue weighted by atomic mass is 10.2. The number of carbonyl (C=O) groups is 1. The van der Waals surface area contributed by atoms with E-state index in [9.17, 15) is 4.79 Å². The van der Waals surface area contributed by atoms with Crippen LogP contribution in [0.4, 0.5) is 0 Å². The van der Waals surface area contributed by atoms with E-state index in [0.717, 1.165) is 11.4 Å². The van der Waals surface area contributed by atoms with Crippen LogP contribution in [-0.2, 0) is 0 Å². The second kappa shape index (κ2) is 5.70. The third-order valence-corrected chi connectivity index (χ3v) is 3.73. The quantitative estimate of drug-likeness (QED) is 0.634. The number of aryl methyl sites for hydroxylation is 1. The van der Waals surface area contributed by atoms with E-state index >= 15 is 0 Å². The van der Waals surface area contributed by atoms with E-state index in [1.165, 1.54) is 0 Å². The summed E-state index contributed by atoms with van der Waals surface area (Å²) in [4.78, 5) is 11.8. The summed E-state index contributed by atoms with van der Waals surface area (Å²) in [6, 6.07) is 8.91. The van der Waals surface area contributed by atoms with Crippen LogP contribution in [0.1, 0.15) is 27.3 Å². The fraction of sp³-hybridized carbons (Fsp3) is 0.200. The highest BCUT2D eigenvalue weighted by atomic mass is 35.5. The number of nitrogens with zero attached hydrogens (tertiary/aromatic N) is 2. The molecule has 0 unspecified atom stereocenters. The second-order valence-corrected chi connectivity index (χ2v) is 5.13. The highest BCUT2D eigenvalue weighted by molar-refractivity contribution is 6.32. The van der Waals surface area contributed by atoms with Crippen LogP contribution >= 0.6 is 23.2 Å². The Bertz CT molecular complexity index is 726. The van der Waals surface area contributed by atoms with Gasteiger partial charge in [0.15, 0.2) is 5.78 Å². The number of alkyl halides is 1. The molecule has 0 bridgehead atoms. The van der Waals surface area contributed by atoms with Gasteiger partial charge < -0.3 is 4.57 Å². The van der Waals surface area contributed by atoms with Crippen LogP contribution in [0.2, 0.25) is 5.02 Å². The van der Waals surface area contributed by atoms with Gasteiger partial charge in [0.05, 0.1) is 28.2 Å². The molecule has 3 nitrogen and oxygen atoms in total. The Kier molecular flexibility index (Phi) is 4.17. The van der Waals surface area contributed by atoms with Gasteiger partial charge in [0.25, 0.3) is 0 Å². The van der Waals surface area contributed by atoms with Crippen molar-refractivity contribution in [2.45, 2.75) is 13.8 Å². The van der Waals surface area contributed by atoms with Crippen molar-refractivity contribution < 1.29 is 4.79 Å². The zero-order valence-corrected chi connectivity index (χ0v) is 12.6. The first-order valence-corrected chi connectivity index (χ1v) is 6.89. The standard InChI is InChI=1S/C15H12Cl2N2O/c1-9-5-12(15(20)7-16)10(2)19(9)14-6-11(8-18)3-4-13(14)17/h3-6H,7H2,1-2H3. The number of Topliss-reactive ketones (excluding diaryl/α,β-unsaturated/α-hetero) is 1. The van der Waals surface area contributed by atoms with Crippen molar-refractivity contribution in [1.29, 1.82) is 5.26 Å². The second-order valence-electron chi connectivity index (χ2n) is 4.46. The zero-order chi connectivity index (χ0) is 14.9. The molecule has 0 radical (unpaired) electrons. The van der Waals surface area contributed by atoms with Crippen LogP contribution in [-0.4, -0.2) is 16.2 Å². The van der Waals surface area contributed by atoms with Crippen molar-refractivity contribution in [1.82, 2.24) is 4.57 Å². The minimum absolute atomic E-state index is 0.0593. The molecule has 0 saturated carbocycles. The number of halogens is 2. The van der Waals surface area contributed by atoms with E-state index in [1.807, 2.05) is 18.4 Å². The minimum atomic E-state index is -0.126. The predicted octanol–water partition coefficient (Wildman–Crippen LogP) is 4.04. The van der Waals surface area contributed by atoms with E-state index in [4.69, 9.17) is 28.5 Å². The lowest BCUT2D eigenvalue weighted by Gasteiger charge is -2.12. The number of rotatable bonds is 3. The third kappa shape index (κ3) is 2.45. The van der Waals surface area contributed by atoms with Crippen molar-refractivity contribution in [3.63, 3.8) is 0 Å². The first kappa shape index (κ1) is 14.6. The Morgan fingerprint density at radius 3 is 2.65 bits per heavy atom. The molecule has 0 aliphatic rings. The summed E-state index contributed by atoms with van der Waals surface area (Å²) in [6.45, 7) is 3.72. The molecule has 0 fully saturated rings. The van der Waals surface area contributed by atoms with E-state index in [2.05, 4.69) is 6.07 Å². The number of benzene rings is 1. The third-order valence-electron chi connectivity index (χ3n) is 3.17. The van der Waals surface area contributed by atoms with Gasteiger partial charge in [-0.1, -0.05) is 11.6 Å². The van der Waals surface area contributed by atoms with Gasteiger partial charge in [0.2, 0.25) is 0 Å². The maximum absolute atomic E-state index is 11.8. The molecule has 0 aliphatic heterocycles. The van der Waals surface area contributed by atoms with Crippen LogP contribution in [0, 0.1) is 25.2 Å². The molecule has 20 heavy (non-hydrogen) atoms. The van der Waals surface area contributed by atoms with Gasteiger partial charge in [-0.05, 0) is 38.1 Å². The summed E-state index contributed by atoms with van der Waals surface area (Å²) < 4.78 is 1.86. The van der Waals surface area contributed by atoms with Gasteiger partial charge in [-0.2, -0.15) is 5.26 Å². The molecule has 0 atom stereocenters. The molecular weight excluding hydrogens is 295 g/mol. The number of carbonyl (C=O) groups excluding carboxylic acids is 1. The van der Waals surface area contributed by atoms with Crippen molar-refractivity contribution in [2.75, 3.05) is 5.88 Å². The Labute approximate surface area is 127 Å². The first-order valence-electron chi connectivity index (χ1n) is 5.97. The topological polar surface area (TPSA) is 45.8 Å². The predicted molar refractivity (Wildman–Crippen MR) is 80.0 cm³/mol. The highest BCUT2D eigenvalue weighted by Crippen LogP contribution is 2.27. The zero-order valence-electron chi connectivity index (χ0n) is 11.1. The van der Waals surface area contributed by atoms with Gasteiger partial charge in [-0.25, -0.2) is 0 Å². The molecule has 2 aromatic rings. The maximum atomic E-state index is 11.8. The number of hydrogen-bond acceptors (Lipinski definition) is 2. The molecule has 1 heterocycles. The maximum Gasteiger partial charge on any atom is 0.179 e. The van der Waals surface area contributed by atoms with Gasteiger partial charge in [-0.3, -0.25) is 4.79 Å². The van der Waals surface area contributed by atoms with Crippen molar-refractivity contribution in [3.8, 4) is 11.8 Å². The molecule has 0 aliphatic carbocycles. The number of hydrogen-bond donors (Lipinski definition) is 0. The molecule has 2 rings (SSSR count). The van der Waals surface area contributed by atoms with Gasteiger partial charge in [-0.15, -0.1) is 11.6 Å². The van der Waals surface area contributed by atoms with Crippen LogP contribution in [0.15, 0.2) is 24.3 Å². The highest BCUT2D eigenvalue weighted by Gasteiger charge is 2.17. The Morgan fingerprint density at radius 1 is 1.35 bits per heavy atom. The molecule has 1 aromatic heterocycles. The average Bonchev–Trinajstić information content (AvgIpc) is 2.74. The van der Waals surface area contributed by atoms with Crippen LogP contribution in [0.5, 0.6) is 0 Å². The molecule has 0 spiro atoms. The smallest absolute Gasteiger partial charge is 0.179 e. The summed E-state index contributed by atoms with van der Waals surface area (Å²) in [5.41, 5.74) is 3.42. The summed E-state index contributed by atoms with van der Waals surface area (Å²) in [7, 11) is 0. The molecule has 0 amide bonds. The fourth-order valence-corrected chi connectivity index (χ4v) is 2.59. The first-order chi connectivity index (χ1) is 9.49. The summed E-state index contributed by atoms with van der Waals surface area (Å²) in [5, 5.41) is 9.52. The van der Waals surface area contributed by atoms with Crippen molar-refractivity contribution in [2.24, 2.45) is 0 Å². The summed E-state index contributed by atoms with van der Waals surface area (Å²) in [6.07, 6.45) is 0.